The minimum Gasteiger partial charge on any atom is -0.485 e. The predicted octanol–water partition coefficient (Wildman–Crippen LogP) is 2.59. The van der Waals surface area contributed by atoms with Crippen LogP contribution in [0.5, 0.6) is 11.5 Å². The number of benzene rings is 1. The van der Waals surface area contributed by atoms with E-state index in [2.05, 4.69) is 4.98 Å². The topological polar surface area (TPSA) is 31.4 Å². The van der Waals surface area contributed by atoms with Gasteiger partial charge >= 0.3 is 0 Å². The van der Waals surface area contributed by atoms with Crippen LogP contribution in [-0.2, 0) is 0 Å². The second kappa shape index (κ2) is 3.85. The molecular formula is C13H11NO2. The van der Waals surface area contributed by atoms with Crippen molar-refractivity contribution in [2.24, 2.45) is 0 Å². The van der Waals surface area contributed by atoms with Gasteiger partial charge in [0.15, 0.2) is 17.6 Å². The minimum atomic E-state index is -0.0661. The molecule has 1 aliphatic rings. The fourth-order valence-electron chi connectivity index (χ4n) is 1.75. The normalized spacial score (nSPS) is 18.1. The van der Waals surface area contributed by atoms with Crippen LogP contribution >= 0.6 is 0 Å². The molecule has 0 bridgehead atoms. The third kappa shape index (κ3) is 1.60. The molecule has 1 aliphatic heterocycles. The van der Waals surface area contributed by atoms with E-state index in [0.717, 1.165) is 17.1 Å². The molecule has 2 aromatic rings. The molecule has 3 heteroatoms. The maximum Gasteiger partial charge on any atom is 0.162 e. The highest BCUT2D eigenvalue weighted by Crippen LogP contribution is 2.35. The van der Waals surface area contributed by atoms with Crippen LogP contribution in [0.25, 0.3) is 0 Å². The summed E-state index contributed by atoms with van der Waals surface area (Å²) < 4.78 is 11.5. The zero-order valence-electron chi connectivity index (χ0n) is 8.67. The number of fused-ring (bicyclic) bond motifs is 1. The third-order valence-electron chi connectivity index (χ3n) is 2.56. The average molecular weight is 213 g/mol. The molecule has 0 fully saturated rings. The monoisotopic (exact) mass is 213 g/mol. The molecule has 3 rings (SSSR count). The first-order valence-electron chi connectivity index (χ1n) is 5.22. The summed E-state index contributed by atoms with van der Waals surface area (Å²) in [5.74, 6) is 1.60. The van der Waals surface area contributed by atoms with Crippen molar-refractivity contribution >= 4 is 0 Å². The Balaban J connectivity index is 1.89. The van der Waals surface area contributed by atoms with Crippen LogP contribution in [0.15, 0.2) is 48.8 Å². The molecule has 0 spiro atoms. The van der Waals surface area contributed by atoms with Gasteiger partial charge in [0.2, 0.25) is 0 Å². The maximum absolute atomic E-state index is 5.85. The lowest BCUT2D eigenvalue weighted by Crippen LogP contribution is -2.21. The van der Waals surface area contributed by atoms with Crippen LogP contribution in [0.3, 0.4) is 0 Å². The van der Waals surface area contributed by atoms with Gasteiger partial charge in [0.25, 0.3) is 0 Å². The van der Waals surface area contributed by atoms with E-state index in [-0.39, 0.29) is 6.10 Å². The smallest absolute Gasteiger partial charge is 0.162 e. The van der Waals surface area contributed by atoms with Crippen molar-refractivity contribution in [2.45, 2.75) is 6.10 Å². The molecule has 2 heterocycles. The molecule has 1 aromatic heterocycles. The van der Waals surface area contributed by atoms with E-state index >= 15 is 0 Å². The predicted molar refractivity (Wildman–Crippen MR) is 59.5 cm³/mol. The van der Waals surface area contributed by atoms with Gasteiger partial charge in [-0.15, -0.1) is 0 Å². The van der Waals surface area contributed by atoms with Gasteiger partial charge in [0.05, 0.1) is 0 Å². The van der Waals surface area contributed by atoms with Crippen molar-refractivity contribution in [1.82, 2.24) is 4.98 Å². The molecule has 0 amide bonds. The minimum absolute atomic E-state index is 0.0661. The van der Waals surface area contributed by atoms with Crippen LogP contribution < -0.4 is 9.47 Å². The van der Waals surface area contributed by atoms with Gasteiger partial charge < -0.3 is 9.47 Å². The highest BCUT2D eigenvalue weighted by Gasteiger charge is 2.21. The summed E-state index contributed by atoms with van der Waals surface area (Å²) in [7, 11) is 0. The Bertz CT molecular complexity index is 484. The average Bonchev–Trinajstić information content (AvgIpc) is 2.39. The molecule has 80 valence electrons. The molecule has 0 saturated heterocycles. The van der Waals surface area contributed by atoms with Gasteiger partial charge in [-0.3, -0.25) is 4.98 Å². The second-order valence-electron chi connectivity index (χ2n) is 3.65. The molecule has 3 nitrogen and oxygen atoms in total. The summed E-state index contributed by atoms with van der Waals surface area (Å²) in [6.07, 6.45) is 3.49. The van der Waals surface area contributed by atoms with Gasteiger partial charge in [-0.2, -0.15) is 0 Å². The van der Waals surface area contributed by atoms with Crippen molar-refractivity contribution in [3.05, 3.63) is 54.4 Å². The van der Waals surface area contributed by atoms with E-state index in [9.17, 15) is 0 Å². The molecule has 0 radical (unpaired) electrons. The van der Waals surface area contributed by atoms with Crippen LogP contribution in [0.4, 0.5) is 0 Å². The number of pyridine rings is 1. The third-order valence-corrected chi connectivity index (χ3v) is 2.56. The number of para-hydroxylation sites is 2. The summed E-state index contributed by atoms with van der Waals surface area (Å²) in [6.45, 7) is 0.530. The molecule has 1 atom stereocenters. The van der Waals surface area contributed by atoms with Crippen molar-refractivity contribution in [1.29, 1.82) is 0 Å². The van der Waals surface area contributed by atoms with Gasteiger partial charge in [-0.1, -0.05) is 18.2 Å². The lowest BCUT2D eigenvalue weighted by atomic mass is 10.1. The zero-order valence-corrected chi connectivity index (χ0v) is 8.67. The number of hydrogen-bond acceptors (Lipinski definition) is 3. The highest BCUT2D eigenvalue weighted by molar-refractivity contribution is 5.41. The standard InChI is InChI=1S/C13H11NO2/c1-2-6-12-11(5-1)15-9-13(16-12)10-4-3-7-14-8-10/h1-8,13H,9H2. The van der Waals surface area contributed by atoms with E-state index in [1.54, 1.807) is 6.20 Å². The Kier molecular flexibility index (Phi) is 2.22. The number of aromatic nitrogens is 1. The number of nitrogens with zero attached hydrogens (tertiary/aromatic N) is 1. The van der Waals surface area contributed by atoms with E-state index in [4.69, 9.17) is 9.47 Å². The number of hydrogen-bond donors (Lipinski definition) is 0. The lowest BCUT2D eigenvalue weighted by molar-refractivity contribution is 0.0910. The van der Waals surface area contributed by atoms with Gasteiger partial charge in [-0.25, -0.2) is 0 Å². The fourth-order valence-corrected chi connectivity index (χ4v) is 1.75. The van der Waals surface area contributed by atoms with Gasteiger partial charge in [0, 0.05) is 18.0 Å². The fraction of sp³-hybridized carbons (Fsp3) is 0.154. The Morgan fingerprint density at radius 2 is 1.94 bits per heavy atom. The van der Waals surface area contributed by atoms with Gasteiger partial charge in [-0.05, 0) is 18.2 Å². The van der Waals surface area contributed by atoms with Crippen LogP contribution in [0.2, 0.25) is 0 Å². The van der Waals surface area contributed by atoms with E-state index in [1.165, 1.54) is 0 Å². The van der Waals surface area contributed by atoms with E-state index in [1.807, 2.05) is 42.6 Å². The van der Waals surface area contributed by atoms with Crippen molar-refractivity contribution in [3.8, 4) is 11.5 Å². The summed E-state index contributed by atoms with van der Waals surface area (Å²) in [5, 5.41) is 0. The summed E-state index contributed by atoms with van der Waals surface area (Å²) >= 11 is 0. The Morgan fingerprint density at radius 3 is 2.75 bits per heavy atom. The van der Waals surface area contributed by atoms with Crippen molar-refractivity contribution < 1.29 is 9.47 Å². The van der Waals surface area contributed by atoms with Crippen molar-refractivity contribution in [3.63, 3.8) is 0 Å². The first kappa shape index (κ1) is 9.21. The molecule has 16 heavy (non-hydrogen) atoms. The zero-order chi connectivity index (χ0) is 10.8. The van der Waals surface area contributed by atoms with Crippen LogP contribution in [0.1, 0.15) is 11.7 Å². The SMILES string of the molecule is c1cncc(C2COc3ccccc3O2)c1. The lowest BCUT2D eigenvalue weighted by Gasteiger charge is -2.26. The quantitative estimate of drug-likeness (QED) is 0.729. The molecule has 0 N–H and O–H groups in total. The Morgan fingerprint density at radius 1 is 1.06 bits per heavy atom. The van der Waals surface area contributed by atoms with Crippen molar-refractivity contribution in [2.75, 3.05) is 6.61 Å². The Labute approximate surface area is 93.7 Å². The highest BCUT2D eigenvalue weighted by atomic mass is 16.6. The molecule has 1 aromatic carbocycles. The number of rotatable bonds is 1. The summed E-state index contributed by atoms with van der Waals surface area (Å²) in [5.41, 5.74) is 1.04. The Hall–Kier alpha value is -2.03. The summed E-state index contributed by atoms with van der Waals surface area (Å²) in [6, 6.07) is 11.6. The molecular weight excluding hydrogens is 202 g/mol. The summed E-state index contributed by atoms with van der Waals surface area (Å²) in [4.78, 5) is 4.08. The van der Waals surface area contributed by atoms with E-state index < -0.39 is 0 Å². The molecule has 0 aliphatic carbocycles. The largest absolute Gasteiger partial charge is 0.485 e. The second-order valence-corrected chi connectivity index (χ2v) is 3.65. The molecule has 1 unspecified atom stereocenters. The first-order valence-corrected chi connectivity index (χ1v) is 5.22. The maximum atomic E-state index is 5.85. The molecule has 0 saturated carbocycles. The van der Waals surface area contributed by atoms with Crippen LogP contribution in [0, 0.1) is 0 Å². The first-order chi connectivity index (χ1) is 7.93. The van der Waals surface area contributed by atoms with E-state index in [0.29, 0.717) is 6.61 Å². The number of ether oxygens (including phenoxy) is 2. The van der Waals surface area contributed by atoms with Gasteiger partial charge in [0.1, 0.15) is 6.61 Å². The van der Waals surface area contributed by atoms with Crippen LogP contribution in [-0.4, -0.2) is 11.6 Å².